The summed E-state index contributed by atoms with van der Waals surface area (Å²) in [5.41, 5.74) is 10.2. The van der Waals surface area contributed by atoms with E-state index in [1.54, 1.807) is 0 Å². The maximum Gasteiger partial charge on any atom is 0.192 e. The first kappa shape index (κ1) is 21.8. The Morgan fingerprint density at radius 2 is 1.09 bits per heavy atom. The molecule has 0 fully saturated rings. The van der Waals surface area contributed by atoms with Gasteiger partial charge in [-0.25, -0.2) is 0 Å². The average molecular weight is 463 g/mol. The summed E-state index contributed by atoms with van der Waals surface area (Å²) in [6, 6.07) is 4.18. The van der Waals surface area contributed by atoms with E-state index in [9.17, 15) is 9.59 Å². The SMILES string of the molecule is CNc1cc(C)c2c3c(C)cc(NC)c4c(=O)c(C)c5c(c6c(c(C)c(=O)c1c26)CC(C)=C5C)c43. The molecule has 0 saturated carbocycles. The second kappa shape index (κ2) is 6.94. The fourth-order valence-corrected chi connectivity index (χ4v) is 6.75. The molecule has 5 aromatic rings. The molecule has 1 aliphatic carbocycles. The highest BCUT2D eigenvalue weighted by atomic mass is 16.1. The predicted molar refractivity (Wildman–Crippen MR) is 151 cm³/mol. The number of benzene rings is 5. The predicted octanol–water partition coefficient (Wildman–Crippen LogP) is 6.56. The molecule has 176 valence electrons. The van der Waals surface area contributed by atoms with Gasteiger partial charge < -0.3 is 10.6 Å². The van der Waals surface area contributed by atoms with Crippen molar-refractivity contribution in [2.45, 2.75) is 48.0 Å². The quantitative estimate of drug-likeness (QED) is 0.230. The molecule has 0 atom stereocenters. The number of nitrogens with one attached hydrogen (secondary N) is 2. The number of hydrogen-bond donors (Lipinski definition) is 2. The summed E-state index contributed by atoms with van der Waals surface area (Å²) < 4.78 is 0. The van der Waals surface area contributed by atoms with Crippen LogP contribution in [-0.2, 0) is 6.42 Å². The van der Waals surface area contributed by atoms with E-state index in [4.69, 9.17) is 0 Å². The van der Waals surface area contributed by atoms with Gasteiger partial charge in [0.1, 0.15) is 0 Å². The van der Waals surface area contributed by atoms with Crippen LogP contribution in [0.1, 0.15) is 47.2 Å². The van der Waals surface area contributed by atoms with E-state index in [0.717, 1.165) is 93.4 Å². The van der Waals surface area contributed by atoms with Crippen LogP contribution in [0.3, 0.4) is 0 Å². The van der Waals surface area contributed by atoms with Gasteiger partial charge in [0, 0.05) is 47.4 Å². The van der Waals surface area contributed by atoms with Crippen molar-refractivity contribution in [1.29, 1.82) is 0 Å². The summed E-state index contributed by atoms with van der Waals surface area (Å²) >= 11 is 0. The second-order valence-corrected chi connectivity index (χ2v) is 10.3. The average Bonchev–Trinajstić information content (AvgIpc) is 2.95. The lowest BCUT2D eigenvalue weighted by atomic mass is 9.80. The van der Waals surface area contributed by atoms with E-state index in [1.807, 2.05) is 27.9 Å². The van der Waals surface area contributed by atoms with E-state index >= 15 is 0 Å². The van der Waals surface area contributed by atoms with Crippen molar-refractivity contribution < 1.29 is 0 Å². The van der Waals surface area contributed by atoms with Gasteiger partial charge in [0.2, 0.25) is 0 Å². The third-order valence-electron chi connectivity index (χ3n) is 8.56. The minimum Gasteiger partial charge on any atom is -0.387 e. The number of anilines is 2. The van der Waals surface area contributed by atoms with Crippen molar-refractivity contribution in [2.75, 3.05) is 24.7 Å². The van der Waals surface area contributed by atoms with Gasteiger partial charge in [-0.15, -0.1) is 0 Å². The lowest BCUT2D eigenvalue weighted by molar-refractivity contribution is 1.13. The van der Waals surface area contributed by atoms with Gasteiger partial charge in [0.25, 0.3) is 0 Å². The van der Waals surface area contributed by atoms with Crippen LogP contribution in [0.15, 0.2) is 27.3 Å². The molecule has 6 rings (SSSR count). The van der Waals surface area contributed by atoms with Gasteiger partial charge >= 0.3 is 0 Å². The number of hydrogen-bond acceptors (Lipinski definition) is 4. The molecule has 35 heavy (non-hydrogen) atoms. The summed E-state index contributed by atoms with van der Waals surface area (Å²) in [6.07, 6.45) is 0.713. The maximum atomic E-state index is 14.0. The fraction of sp³-hybridized carbons (Fsp3) is 0.290. The smallest absolute Gasteiger partial charge is 0.192 e. The number of rotatable bonds is 2. The second-order valence-electron chi connectivity index (χ2n) is 10.3. The minimum absolute atomic E-state index is 0.0845. The minimum atomic E-state index is 0.0845. The molecule has 0 saturated heterocycles. The molecule has 1 aliphatic rings. The highest BCUT2D eigenvalue weighted by molar-refractivity contribution is 6.38. The Balaban J connectivity index is 2.20. The van der Waals surface area contributed by atoms with Crippen LogP contribution in [0.5, 0.6) is 0 Å². The first-order chi connectivity index (χ1) is 16.6. The number of fused-ring (bicyclic) bond motifs is 1. The van der Waals surface area contributed by atoms with Crippen LogP contribution in [0.4, 0.5) is 11.4 Å². The lowest BCUT2D eigenvalue weighted by Gasteiger charge is -2.24. The van der Waals surface area contributed by atoms with E-state index in [-0.39, 0.29) is 10.9 Å². The molecule has 0 unspecified atom stereocenters. The molecular formula is C31H30N2O2. The molecule has 0 spiro atoms. The normalized spacial score (nSPS) is 13.7. The van der Waals surface area contributed by atoms with Gasteiger partial charge in [-0.1, -0.05) is 5.57 Å². The molecule has 0 heterocycles. The summed E-state index contributed by atoms with van der Waals surface area (Å²) in [4.78, 5) is 27.9. The van der Waals surface area contributed by atoms with Crippen molar-refractivity contribution in [1.82, 2.24) is 0 Å². The third kappa shape index (κ3) is 2.42. The van der Waals surface area contributed by atoms with Crippen LogP contribution < -0.4 is 21.5 Å². The summed E-state index contributed by atoms with van der Waals surface area (Å²) in [5.74, 6) is 0. The Bertz CT molecular complexity index is 1930. The molecule has 0 radical (unpaired) electrons. The Morgan fingerprint density at radius 3 is 1.60 bits per heavy atom. The van der Waals surface area contributed by atoms with Crippen LogP contribution in [0.25, 0.3) is 48.7 Å². The molecule has 0 amide bonds. The Morgan fingerprint density at radius 1 is 0.600 bits per heavy atom. The highest BCUT2D eigenvalue weighted by Crippen LogP contribution is 2.50. The van der Waals surface area contributed by atoms with Crippen molar-refractivity contribution in [3.63, 3.8) is 0 Å². The molecular weight excluding hydrogens is 432 g/mol. The standard InChI is InChI=1S/C31H30N2O2/c1-12-9-18-16(5)30(34)25-19(32-7)10-13(2)21-22-14(3)11-20(33-8)26-28(22)29(24(18)27(21)25)23(15(12)4)17(6)31(26)35/h10-11,32-33H,9H2,1-8H3. The molecule has 4 nitrogen and oxygen atoms in total. The van der Waals surface area contributed by atoms with E-state index in [0.29, 0.717) is 6.42 Å². The Kier molecular flexibility index (Phi) is 4.33. The Hall–Kier alpha value is -3.66. The monoisotopic (exact) mass is 462 g/mol. The van der Waals surface area contributed by atoms with Gasteiger partial charge in [0.05, 0.1) is 10.8 Å². The van der Waals surface area contributed by atoms with Gasteiger partial charge in [-0.05, 0) is 109 Å². The zero-order valence-corrected chi connectivity index (χ0v) is 21.7. The lowest BCUT2D eigenvalue weighted by Crippen LogP contribution is -2.15. The molecule has 0 bridgehead atoms. The van der Waals surface area contributed by atoms with Crippen LogP contribution in [0.2, 0.25) is 0 Å². The van der Waals surface area contributed by atoms with Crippen LogP contribution in [-0.4, -0.2) is 14.1 Å². The van der Waals surface area contributed by atoms with Crippen molar-refractivity contribution in [3.05, 3.63) is 71.5 Å². The molecule has 5 aromatic carbocycles. The van der Waals surface area contributed by atoms with Crippen molar-refractivity contribution in [3.8, 4) is 0 Å². The van der Waals surface area contributed by atoms with E-state index in [2.05, 4.69) is 50.5 Å². The summed E-state index contributed by atoms with van der Waals surface area (Å²) in [7, 11) is 3.77. The molecule has 0 aromatic heterocycles. The first-order valence-electron chi connectivity index (χ1n) is 12.3. The van der Waals surface area contributed by atoms with Crippen LogP contribution in [0, 0.1) is 27.7 Å². The molecule has 4 heteroatoms. The van der Waals surface area contributed by atoms with Gasteiger partial charge in [-0.2, -0.15) is 0 Å². The van der Waals surface area contributed by atoms with Crippen LogP contribution >= 0.6 is 0 Å². The Labute approximate surface area is 204 Å². The van der Waals surface area contributed by atoms with E-state index < -0.39 is 0 Å². The topological polar surface area (TPSA) is 58.2 Å². The number of aryl methyl sites for hydroxylation is 2. The van der Waals surface area contributed by atoms with Crippen molar-refractivity contribution >= 4 is 60.0 Å². The molecule has 0 aliphatic heterocycles. The fourth-order valence-electron chi connectivity index (χ4n) is 6.75. The zero-order valence-electron chi connectivity index (χ0n) is 21.7. The highest BCUT2D eigenvalue weighted by Gasteiger charge is 2.30. The summed E-state index contributed by atoms with van der Waals surface area (Å²) in [6.45, 7) is 12.4. The largest absolute Gasteiger partial charge is 0.387 e. The van der Waals surface area contributed by atoms with Gasteiger partial charge in [0.15, 0.2) is 10.9 Å². The van der Waals surface area contributed by atoms with Crippen molar-refractivity contribution in [2.24, 2.45) is 0 Å². The van der Waals surface area contributed by atoms with E-state index in [1.165, 1.54) is 5.57 Å². The maximum absolute atomic E-state index is 14.0. The third-order valence-corrected chi connectivity index (χ3v) is 8.56. The summed E-state index contributed by atoms with van der Waals surface area (Å²) in [5, 5.41) is 14.6. The zero-order chi connectivity index (χ0) is 25.1. The van der Waals surface area contributed by atoms with Gasteiger partial charge in [-0.3, -0.25) is 9.59 Å². The first-order valence-corrected chi connectivity index (χ1v) is 12.3. The number of allylic oxidation sites excluding steroid dienone is 2. The molecule has 2 N–H and O–H groups in total.